The summed E-state index contributed by atoms with van der Waals surface area (Å²) in [5.41, 5.74) is 2.34. The Morgan fingerprint density at radius 1 is 0.917 bits per heavy atom. The van der Waals surface area contributed by atoms with Crippen molar-refractivity contribution in [3.8, 4) is 0 Å². The van der Waals surface area contributed by atoms with Crippen LogP contribution in [0.3, 0.4) is 0 Å². The lowest BCUT2D eigenvalue weighted by Gasteiger charge is -2.16. The highest BCUT2D eigenvalue weighted by Crippen LogP contribution is 2.24. The molecule has 0 fully saturated rings. The molecule has 3 aromatic rings. The molecule has 1 atom stereocenters. The minimum atomic E-state index is 0.0909. The first-order valence-electron chi connectivity index (χ1n) is 8.06. The minimum Gasteiger partial charge on any atom is -0.467 e. The van der Waals surface area contributed by atoms with Gasteiger partial charge in [0.05, 0.1) is 12.3 Å². The molecular formula is C21H20ClNO. The van der Waals surface area contributed by atoms with Crippen LogP contribution in [0.1, 0.15) is 23.8 Å². The Morgan fingerprint density at radius 2 is 1.71 bits per heavy atom. The maximum atomic E-state index is 5.95. The topological polar surface area (TPSA) is 25.2 Å². The number of nitrogens with one attached hydrogen (secondary N) is 1. The van der Waals surface area contributed by atoms with E-state index in [0.29, 0.717) is 0 Å². The average Bonchev–Trinajstić information content (AvgIpc) is 3.15. The van der Waals surface area contributed by atoms with E-state index in [1.54, 1.807) is 6.26 Å². The SMILES string of the molecule is Clc1ccc(NC(C/C=C/Cc2ccccc2)c2ccco2)cc1. The Labute approximate surface area is 147 Å². The van der Waals surface area contributed by atoms with Gasteiger partial charge in [-0.2, -0.15) is 0 Å². The van der Waals surface area contributed by atoms with E-state index >= 15 is 0 Å². The van der Waals surface area contributed by atoms with Crippen LogP contribution in [-0.4, -0.2) is 0 Å². The fourth-order valence-electron chi connectivity index (χ4n) is 2.55. The minimum absolute atomic E-state index is 0.0909. The van der Waals surface area contributed by atoms with Crippen molar-refractivity contribution in [2.75, 3.05) is 5.32 Å². The molecule has 0 aliphatic carbocycles. The molecule has 0 spiro atoms. The molecule has 1 heterocycles. The number of allylic oxidation sites excluding steroid dienone is 1. The zero-order valence-corrected chi connectivity index (χ0v) is 14.1. The van der Waals surface area contributed by atoms with Crippen molar-refractivity contribution in [3.63, 3.8) is 0 Å². The van der Waals surface area contributed by atoms with Gasteiger partial charge in [0.15, 0.2) is 0 Å². The Bertz CT molecular complexity index is 748. The van der Waals surface area contributed by atoms with Crippen LogP contribution in [0.4, 0.5) is 5.69 Å². The molecule has 0 aliphatic heterocycles. The summed E-state index contributed by atoms with van der Waals surface area (Å²) >= 11 is 5.95. The molecule has 3 heteroatoms. The predicted octanol–water partition coefficient (Wildman–Crippen LogP) is 6.28. The fraction of sp³-hybridized carbons (Fsp3) is 0.143. The van der Waals surface area contributed by atoms with Crippen LogP contribution in [0.2, 0.25) is 5.02 Å². The van der Waals surface area contributed by atoms with Gasteiger partial charge in [0.2, 0.25) is 0 Å². The largest absolute Gasteiger partial charge is 0.467 e. The molecule has 0 bridgehead atoms. The third kappa shape index (κ3) is 4.77. The lowest BCUT2D eigenvalue weighted by atomic mass is 10.1. The van der Waals surface area contributed by atoms with Gasteiger partial charge in [0, 0.05) is 10.7 Å². The number of benzene rings is 2. The van der Waals surface area contributed by atoms with Crippen molar-refractivity contribution in [1.82, 2.24) is 0 Å². The molecule has 0 saturated heterocycles. The smallest absolute Gasteiger partial charge is 0.126 e. The first-order chi connectivity index (χ1) is 11.8. The van der Waals surface area contributed by atoms with Gasteiger partial charge in [-0.15, -0.1) is 0 Å². The number of hydrogen-bond donors (Lipinski definition) is 1. The van der Waals surface area contributed by atoms with Crippen LogP contribution < -0.4 is 5.32 Å². The van der Waals surface area contributed by atoms with E-state index < -0.39 is 0 Å². The lowest BCUT2D eigenvalue weighted by molar-refractivity contribution is 0.480. The van der Waals surface area contributed by atoms with Crippen LogP contribution in [0.25, 0.3) is 0 Å². The van der Waals surface area contributed by atoms with Gasteiger partial charge in [0.1, 0.15) is 5.76 Å². The van der Waals surface area contributed by atoms with Gasteiger partial charge in [-0.1, -0.05) is 54.1 Å². The molecule has 122 valence electrons. The number of hydrogen-bond acceptors (Lipinski definition) is 2. The molecule has 3 rings (SSSR count). The van der Waals surface area contributed by atoms with Crippen molar-refractivity contribution < 1.29 is 4.42 Å². The van der Waals surface area contributed by atoms with Crippen LogP contribution in [0.5, 0.6) is 0 Å². The Balaban J connectivity index is 1.63. The van der Waals surface area contributed by atoms with Crippen LogP contribution in [-0.2, 0) is 6.42 Å². The number of rotatable bonds is 7. The highest BCUT2D eigenvalue weighted by atomic mass is 35.5. The Morgan fingerprint density at radius 3 is 2.42 bits per heavy atom. The summed E-state index contributed by atoms with van der Waals surface area (Å²) in [6.07, 6.45) is 7.90. The van der Waals surface area contributed by atoms with Gasteiger partial charge in [-0.25, -0.2) is 0 Å². The van der Waals surface area contributed by atoms with E-state index in [2.05, 4.69) is 41.7 Å². The second-order valence-corrected chi connectivity index (χ2v) is 6.05. The fourth-order valence-corrected chi connectivity index (χ4v) is 2.67. The highest BCUT2D eigenvalue weighted by molar-refractivity contribution is 6.30. The third-order valence-electron chi connectivity index (χ3n) is 3.81. The summed E-state index contributed by atoms with van der Waals surface area (Å²) in [6, 6.07) is 22.2. The normalized spacial score (nSPS) is 12.4. The molecule has 24 heavy (non-hydrogen) atoms. The Kier molecular flexibility index (Phi) is 5.75. The van der Waals surface area contributed by atoms with E-state index in [1.165, 1.54) is 5.56 Å². The van der Waals surface area contributed by atoms with Gasteiger partial charge >= 0.3 is 0 Å². The highest BCUT2D eigenvalue weighted by Gasteiger charge is 2.12. The second-order valence-electron chi connectivity index (χ2n) is 5.62. The number of furan rings is 1. The third-order valence-corrected chi connectivity index (χ3v) is 4.06. The summed E-state index contributed by atoms with van der Waals surface area (Å²) in [5.74, 6) is 0.925. The van der Waals surface area contributed by atoms with E-state index in [4.69, 9.17) is 16.0 Å². The van der Waals surface area contributed by atoms with Gasteiger partial charge < -0.3 is 9.73 Å². The maximum Gasteiger partial charge on any atom is 0.126 e. The standard InChI is InChI=1S/C21H20ClNO/c22-18-12-14-19(15-13-18)23-20(21-11-6-16-24-21)10-5-4-9-17-7-2-1-3-8-17/h1-8,11-16,20,23H,9-10H2/b5-4+. The quantitative estimate of drug-likeness (QED) is 0.513. The van der Waals surface area contributed by atoms with Gasteiger partial charge in [-0.3, -0.25) is 0 Å². The van der Waals surface area contributed by atoms with Crippen molar-refractivity contribution in [2.24, 2.45) is 0 Å². The molecule has 2 nitrogen and oxygen atoms in total. The summed E-state index contributed by atoms with van der Waals surface area (Å²) in [6.45, 7) is 0. The van der Waals surface area contributed by atoms with Crippen LogP contribution >= 0.6 is 11.6 Å². The van der Waals surface area contributed by atoms with Crippen LogP contribution in [0.15, 0.2) is 89.6 Å². The second kappa shape index (κ2) is 8.42. The monoisotopic (exact) mass is 337 g/mol. The summed E-state index contributed by atoms with van der Waals surface area (Å²) in [4.78, 5) is 0. The first kappa shape index (κ1) is 16.4. The van der Waals surface area contributed by atoms with Crippen molar-refractivity contribution in [3.05, 3.63) is 101 Å². The molecule has 0 amide bonds. The molecule has 1 unspecified atom stereocenters. The van der Waals surface area contributed by atoms with Crippen molar-refractivity contribution in [1.29, 1.82) is 0 Å². The molecule has 0 aliphatic rings. The van der Waals surface area contributed by atoms with Crippen LogP contribution in [0, 0.1) is 0 Å². The Hall–Kier alpha value is -2.45. The molecule has 0 radical (unpaired) electrons. The summed E-state index contributed by atoms with van der Waals surface area (Å²) in [5, 5.41) is 4.24. The summed E-state index contributed by atoms with van der Waals surface area (Å²) < 4.78 is 5.58. The maximum absolute atomic E-state index is 5.95. The summed E-state index contributed by atoms with van der Waals surface area (Å²) in [7, 11) is 0. The zero-order chi connectivity index (χ0) is 16.6. The van der Waals surface area contributed by atoms with Gasteiger partial charge in [0.25, 0.3) is 0 Å². The van der Waals surface area contributed by atoms with E-state index in [-0.39, 0.29) is 6.04 Å². The molecule has 0 saturated carbocycles. The van der Waals surface area contributed by atoms with E-state index in [9.17, 15) is 0 Å². The van der Waals surface area contributed by atoms with Crippen molar-refractivity contribution >= 4 is 17.3 Å². The first-order valence-corrected chi connectivity index (χ1v) is 8.43. The molecule has 1 aromatic heterocycles. The zero-order valence-electron chi connectivity index (χ0n) is 13.4. The van der Waals surface area contributed by atoms with E-state index in [0.717, 1.165) is 29.3 Å². The van der Waals surface area contributed by atoms with Crippen molar-refractivity contribution in [2.45, 2.75) is 18.9 Å². The van der Waals surface area contributed by atoms with Gasteiger partial charge in [-0.05, 0) is 54.8 Å². The average molecular weight is 338 g/mol. The molecule has 1 N–H and O–H groups in total. The number of anilines is 1. The lowest BCUT2D eigenvalue weighted by Crippen LogP contribution is -2.09. The molecule has 2 aromatic carbocycles. The molecular weight excluding hydrogens is 318 g/mol. The predicted molar refractivity (Wildman–Crippen MR) is 100 cm³/mol. The number of halogens is 1. The van der Waals surface area contributed by atoms with E-state index in [1.807, 2.05) is 42.5 Å².